The molecule has 1 aromatic carbocycles. The number of alkyl halides is 1. The first kappa shape index (κ1) is 13.7. The molecule has 1 aromatic rings. The SMILES string of the molecule is CCC1CCC(Oc2ccc(C)cc2CCl)CC1. The van der Waals surface area contributed by atoms with Crippen LogP contribution in [0.1, 0.15) is 50.2 Å². The fraction of sp³-hybridized carbons (Fsp3) is 0.625. The lowest BCUT2D eigenvalue weighted by atomic mass is 9.86. The Morgan fingerprint density at radius 1 is 1.22 bits per heavy atom. The lowest BCUT2D eigenvalue weighted by Gasteiger charge is -2.29. The van der Waals surface area contributed by atoms with E-state index in [-0.39, 0.29) is 0 Å². The third-order valence-electron chi connectivity index (χ3n) is 4.02. The highest BCUT2D eigenvalue weighted by molar-refractivity contribution is 6.17. The van der Waals surface area contributed by atoms with Crippen LogP contribution in [0, 0.1) is 12.8 Å². The van der Waals surface area contributed by atoms with Gasteiger partial charge in [-0.3, -0.25) is 0 Å². The Hall–Kier alpha value is -0.690. The monoisotopic (exact) mass is 266 g/mol. The maximum absolute atomic E-state index is 6.14. The Bertz CT molecular complexity index is 381. The highest BCUT2D eigenvalue weighted by Gasteiger charge is 2.21. The summed E-state index contributed by atoms with van der Waals surface area (Å²) in [5.74, 6) is 2.42. The molecule has 100 valence electrons. The van der Waals surface area contributed by atoms with Gasteiger partial charge in [-0.05, 0) is 44.6 Å². The zero-order valence-electron chi connectivity index (χ0n) is 11.4. The molecular weight excluding hydrogens is 244 g/mol. The summed E-state index contributed by atoms with van der Waals surface area (Å²) in [7, 11) is 0. The number of rotatable bonds is 4. The third kappa shape index (κ3) is 3.41. The van der Waals surface area contributed by atoms with Crippen molar-refractivity contribution < 1.29 is 4.74 Å². The van der Waals surface area contributed by atoms with Crippen LogP contribution in [0.25, 0.3) is 0 Å². The van der Waals surface area contributed by atoms with Crippen molar-refractivity contribution in [3.63, 3.8) is 0 Å². The molecule has 1 fully saturated rings. The maximum atomic E-state index is 6.14. The van der Waals surface area contributed by atoms with E-state index in [1.165, 1.54) is 37.7 Å². The number of ether oxygens (including phenoxy) is 1. The molecule has 0 amide bonds. The van der Waals surface area contributed by atoms with Crippen LogP contribution in [0.15, 0.2) is 18.2 Å². The minimum Gasteiger partial charge on any atom is -0.490 e. The van der Waals surface area contributed by atoms with Crippen LogP contribution in [0.2, 0.25) is 0 Å². The summed E-state index contributed by atoms with van der Waals surface area (Å²) >= 11 is 5.99. The fourth-order valence-electron chi connectivity index (χ4n) is 2.77. The van der Waals surface area contributed by atoms with Crippen LogP contribution in [0.3, 0.4) is 0 Å². The average molecular weight is 267 g/mol. The molecule has 0 spiro atoms. The predicted octanol–water partition coefficient (Wildman–Crippen LogP) is 5.08. The summed E-state index contributed by atoms with van der Waals surface area (Å²) in [4.78, 5) is 0. The van der Waals surface area contributed by atoms with E-state index in [9.17, 15) is 0 Å². The molecule has 0 radical (unpaired) electrons. The molecule has 2 rings (SSSR count). The van der Waals surface area contributed by atoms with Gasteiger partial charge in [0.1, 0.15) is 5.75 Å². The molecule has 0 bridgehead atoms. The van der Waals surface area contributed by atoms with Gasteiger partial charge in [-0.1, -0.05) is 31.0 Å². The van der Waals surface area contributed by atoms with Crippen molar-refractivity contribution in [2.45, 2.75) is 57.9 Å². The molecule has 0 aromatic heterocycles. The maximum Gasteiger partial charge on any atom is 0.124 e. The van der Waals surface area contributed by atoms with Gasteiger partial charge in [0.05, 0.1) is 12.0 Å². The van der Waals surface area contributed by atoms with E-state index < -0.39 is 0 Å². The molecule has 1 aliphatic carbocycles. The number of benzene rings is 1. The molecule has 2 heteroatoms. The predicted molar refractivity (Wildman–Crippen MR) is 77.4 cm³/mol. The van der Waals surface area contributed by atoms with Crippen molar-refractivity contribution in [1.82, 2.24) is 0 Å². The van der Waals surface area contributed by atoms with Gasteiger partial charge in [0.25, 0.3) is 0 Å². The molecule has 1 aliphatic rings. The second kappa shape index (κ2) is 6.47. The molecular formula is C16H23ClO. The van der Waals surface area contributed by atoms with E-state index in [4.69, 9.17) is 16.3 Å². The number of hydrogen-bond acceptors (Lipinski definition) is 1. The van der Waals surface area contributed by atoms with E-state index in [1.54, 1.807) is 0 Å². The van der Waals surface area contributed by atoms with Crippen LogP contribution in [-0.4, -0.2) is 6.10 Å². The quantitative estimate of drug-likeness (QED) is 0.691. The highest BCUT2D eigenvalue weighted by atomic mass is 35.5. The summed E-state index contributed by atoms with van der Waals surface area (Å²) in [6.07, 6.45) is 6.69. The third-order valence-corrected chi connectivity index (χ3v) is 4.31. The number of halogens is 1. The second-order valence-corrected chi connectivity index (χ2v) is 5.68. The molecule has 0 aliphatic heterocycles. The van der Waals surface area contributed by atoms with Crippen molar-refractivity contribution in [3.8, 4) is 5.75 Å². The zero-order chi connectivity index (χ0) is 13.0. The van der Waals surface area contributed by atoms with Gasteiger partial charge >= 0.3 is 0 Å². The van der Waals surface area contributed by atoms with E-state index in [0.717, 1.165) is 17.2 Å². The summed E-state index contributed by atoms with van der Waals surface area (Å²) in [6, 6.07) is 6.29. The Morgan fingerprint density at radius 2 is 1.94 bits per heavy atom. The molecule has 0 heterocycles. The Labute approximate surface area is 115 Å². The first-order chi connectivity index (χ1) is 8.72. The van der Waals surface area contributed by atoms with Gasteiger partial charge < -0.3 is 4.74 Å². The van der Waals surface area contributed by atoms with Crippen LogP contribution < -0.4 is 4.74 Å². The summed E-state index contributed by atoms with van der Waals surface area (Å²) in [6.45, 7) is 4.38. The first-order valence-electron chi connectivity index (χ1n) is 7.05. The van der Waals surface area contributed by atoms with Crippen LogP contribution in [-0.2, 0) is 5.88 Å². The molecule has 0 saturated heterocycles. The lowest BCUT2D eigenvalue weighted by Crippen LogP contribution is -2.24. The van der Waals surface area contributed by atoms with Crippen molar-refractivity contribution >= 4 is 11.6 Å². The van der Waals surface area contributed by atoms with Crippen LogP contribution in [0.4, 0.5) is 0 Å². The molecule has 0 atom stereocenters. The van der Waals surface area contributed by atoms with Gasteiger partial charge in [-0.15, -0.1) is 11.6 Å². The van der Waals surface area contributed by atoms with Crippen molar-refractivity contribution in [2.75, 3.05) is 0 Å². The van der Waals surface area contributed by atoms with Crippen molar-refractivity contribution in [1.29, 1.82) is 0 Å². The largest absolute Gasteiger partial charge is 0.490 e. The minimum absolute atomic E-state index is 0.387. The first-order valence-corrected chi connectivity index (χ1v) is 7.58. The average Bonchev–Trinajstić information content (AvgIpc) is 2.41. The summed E-state index contributed by atoms with van der Waals surface area (Å²) in [5, 5.41) is 0. The van der Waals surface area contributed by atoms with Gasteiger partial charge in [0.2, 0.25) is 0 Å². The summed E-state index contributed by atoms with van der Waals surface area (Å²) < 4.78 is 6.14. The number of hydrogen-bond donors (Lipinski definition) is 0. The standard InChI is InChI=1S/C16H23ClO/c1-3-13-5-7-15(8-6-13)18-16-9-4-12(2)10-14(16)11-17/h4,9-10,13,15H,3,5-8,11H2,1-2H3. The summed E-state index contributed by atoms with van der Waals surface area (Å²) in [5.41, 5.74) is 2.36. The Morgan fingerprint density at radius 3 is 2.56 bits per heavy atom. The zero-order valence-corrected chi connectivity index (χ0v) is 12.2. The van der Waals surface area contributed by atoms with Crippen molar-refractivity contribution in [2.24, 2.45) is 5.92 Å². The van der Waals surface area contributed by atoms with E-state index in [2.05, 4.69) is 32.0 Å². The van der Waals surface area contributed by atoms with E-state index in [1.807, 2.05) is 0 Å². The highest BCUT2D eigenvalue weighted by Crippen LogP contribution is 2.31. The molecule has 18 heavy (non-hydrogen) atoms. The van der Waals surface area contributed by atoms with Crippen molar-refractivity contribution in [3.05, 3.63) is 29.3 Å². The second-order valence-electron chi connectivity index (χ2n) is 5.41. The molecule has 0 unspecified atom stereocenters. The minimum atomic E-state index is 0.387. The van der Waals surface area contributed by atoms with E-state index >= 15 is 0 Å². The van der Waals surface area contributed by atoms with E-state index in [0.29, 0.717) is 12.0 Å². The van der Waals surface area contributed by atoms with Gasteiger partial charge in [-0.25, -0.2) is 0 Å². The Balaban J connectivity index is 1.97. The van der Waals surface area contributed by atoms with Gasteiger partial charge in [0, 0.05) is 5.56 Å². The number of aryl methyl sites for hydroxylation is 1. The normalized spacial score (nSPS) is 23.9. The Kier molecular flexibility index (Phi) is 4.94. The molecule has 1 saturated carbocycles. The van der Waals surface area contributed by atoms with Gasteiger partial charge in [-0.2, -0.15) is 0 Å². The topological polar surface area (TPSA) is 9.23 Å². The van der Waals surface area contributed by atoms with Gasteiger partial charge in [0.15, 0.2) is 0 Å². The fourth-order valence-corrected chi connectivity index (χ4v) is 2.97. The lowest BCUT2D eigenvalue weighted by molar-refractivity contribution is 0.129. The smallest absolute Gasteiger partial charge is 0.124 e. The van der Waals surface area contributed by atoms with Crippen LogP contribution >= 0.6 is 11.6 Å². The molecule has 1 nitrogen and oxygen atoms in total. The molecule has 0 N–H and O–H groups in total. The van der Waals surface area contributed by atoms with Crippen LogP contribution in [0.5, 0.6) is 5.75 Å².